The molecule has 0 aromatic carbocycles. The van der Waals surface area contributed by atoms with Crippen LogP contribution >= 0.6 is 0 Å². The van der Waals surface area contributed by atoms with Crippen LogP contribution in [0.15, 0.2) is 12.5 Å². The second kappa shape index (κ2) is 7.73. The number of nitrogens with zero attached hydrogens (tertiary/aromatic N) is 3. The van der Waals surface area contributed by atoms with Gasteiger partial charge in [-0.3, -0.25) is 4.79 Å². The Balaban J connectivity index is 1.34. The Morgan fingerprint density at radius 2 is 2.21 bits per heavy atom. The van der Waals surface area contributed by atoms with Crippen LogP contribution in [0.3, 0.4) is 0 Å². The predicted octanol–water partition coefficient (Wildman–Crippen LogP) is 1.53. The molecular weight excluding hydrogens is 358 g/mol. The number of likely N-dealkylation sites (tertiary alicyclic amines) is 1. The summed E-state index contributed by atoms with van der Waals surface area (Å²) < 4.78 is 8.09. The lowest BCUT2D eigenvalue weighted by Crippen LogP contribution is -2.42. The average Bonchev–Trinajstić information content (AvgIpc) is 3.43. The van der Waals surface area contributed by atoms with E-state index in [-0.39, 0.29) is 29.6 Å². The number of rotatable bonds is 7. The molecule has 4 rings (SSSR count). The van der Waals surface area contributed by atoms with E-state index in [1.165, 1.54) is 0 Å². The van der Waals surface area contributed by atoms with E-state index in [0.29, 0.717) is 31.2 Å². The van der Waals surface area contributed by atoms with Crippen molar-refractivity contribution in [3.63, 3.8) is 0 Å². The minimum Gasteiger partial charge on any atom is -0.369 e. The lowest BCUT2D eigenvalue weighted by atomic mass is 9.73. The molecule has 2 N–H and O–H groups in total. The summed E-state index contributed by atoms with van der Waals surface area (Å²) in [6.45, 7) is 4.84. The van der Waals surface area contributed by atoms with Crippen molar-refractivity contribution in [2.24, 2.45) is 18.9 Å². The summed E-state index contributed by atoms with van der Waals surface area (Å²) in [6, 6.07) is 0.0181. The van der Waals surface area contributed by atoms with Crippen molar-refractivity contribution in [1.82, 2.24) is 25.1 Å². The van der Waals surface area contributed by atoms with Gasteiger partial charge in [0.1, 0.15) is 5.69 Å². The van der Waals surface area contributed by atoms with E-state index in [4.69, 9.17) is 4.74 Å². The highest BCUT2D eigenvalue weighted by Gasteiger charge is 2.63. The number of urea groups is 1. The Kier molecular flexibility index (Phi) is 5.31. The first-order valence-electron chi connectivity index (χ1n) is 10.5. The summed E-state index contributed by atoms with van der Waals surface area (Å²) in [5.74, 6) is 0.434. The third-order valence-electron chi connectivity index (χ3n) is 6.68. The fraction of sp³-hybridized carbons (Fsp3) is 0.750. The number of nitrogens with one attached hydrogen (secondary N) is 2. The molecule has 1 aromatic heterocycles. The SMILES string of the molecule is CCCCCNC(=O)N1C[C@@H]2[C@H](CNC(=O)c3cncn3C)[C@H]3CC[C@]2(C1)O3. The van der Waals surface area contributed by atoms with Crippen LogP contribution in [0, 0.1) is 11.8 Å². The average molecular weight is 390 g/mol. The minimum absolute atomic E-state index is 0.0181. The molecule has 4 atom stereocenters. The fourth-order valence-corrected chi connectivity index (χ4v) is 5.18. The third-order valence-corrected chi connectivity index (χ3v) is 6.68. The van der Waals surface area contributed by atoms with Gasteiger partial charge in [-0.15, -0.1) is 0 Å². The molecule has 3 amide bonds. The van der Waals surface area contributed by atoms with Gasteiger partial charge in [0.2, 0.25) is 0 Å². The van der Waals surface area contributed by atoms with Crippen molar-refractivity contribution in [3.05, 3.63) is 18.2 Å². The van der Waals surface area contributed by atoms with Crippen LogP contribution in [0.1, 0.15) is 49.5 Å². The van der Waals surface area contributed by atoms with Crippen molar-refractivity contribution in [2.45, 2.75) is 50.7 Å². The van der Waals surface area contributed by atoms with E-state index < -0.39 is 0 Å². The Bertz CT molecular complexity index is 735. The largest absolute Gasteiger partial charge is 0.369 e. The molecule has 1 aromatic rings. The number of carbonyl (C=O) groups excluding carboxylic acids is 2. The molecule has 28 heavy (non-hydrogen) atoms. The number of ether oxygens (including phenoxy) is 1. The van der Waals surface area contributed by atoms with Gasteiger partial charge in [0, 0.05) is 38.5 Å². The number of imidazole rings is 1. The van der Waals surface area contributed by atoms with Crippen molar-refractivity contribution in [2.75, 3.05) is 26.2 Å². The molecule has 3 fully saturated rings. The van der Waals surface area contributed by atoms with Crippen LogP contribution in [0.4, 0.5) is 4.79 Å². The van der Waals surface area contributed by atoms with Gasteiger partial charge in [-0.05, 0) is 19.3 Å². The number of hydrogen-bond acceptors (Lipinski definition) is 4. The molecule has 8 heteroatoms. The Morgan fingerprint density at radius 3 is 2.96 bits per heavy atom. The fourth-order valence-electron chi connectivity index (χ4n) is 5.18. The Morgan fingerprint density at radius 1 is 1.36 bits per heavy atom. The highest BCUT2D eigenvalue weighted by atomic mass is 16.5. The van der Waals surface area contributed by atoms with Gasteiger partial charge in [0.15, 0.2) is 0 Å². The number of aryl methyl sites for hydroxylation is 1. The quantitative estimate of drug-likeness (QED) is 0.692. The molecule has 0 saturated carbocycles. The lowest BCUT2D eigenvalue weighted by Gasteiger charge is -2.29. The topological polar surface area (TPSA) is 88.5 Å². The smallest absolute Gasteiger partial charge is 0.317 e. The maximum atomic E-state index is 12.6. The van der Waals surface area contributed by atoms with E-state index in [0.717, 1.165) is 38.6 Å². The van der Waals surface area contributed by atoms with Crippen LogP contribution in [0.5, 0.6) is 0 Å². The summed E-state index contributed by atoms with van der Waals surface area (Å²) in [7, 11) is 1.81. The van der Waals surface area contributed by atoms with E-state index in [2.05, 4.69) is 22.5 Å². The number of unbranched alkanes of at least 4 members (excludes halogenated alkanes) is 2. The normalized spacial score (nSPS) is 30.5. The molecule has 0 unspecified atom stereocenters. The summed E-state index contributed by atoms with van der Waals surface area (Å²) in [5.41, 5.74) is 0.339. The summed E-state index contributed by atoms with van der Waals surface area (Å²) in [5, 5.41) is 6.10. The van der Waals surface area contributed by atoms with Crippen molar-refractivity contribution < 1.29 is 14.3 Å². The second-order valence-corrected chi connectivity index (χ2v) is 8.45. The maximum Gasteiger partial charge on any atom is 0.317 e. The molecule has 1 spiro atoms. The summed E-state index contributed by atoms with van der Waals surface area (Å²) >= 11 is 0. The van der Waals surface area contributed by atoms with Gasteiger partial charge in [-0.1, -0.05) is 19.8 Å². The first-order valence-corrected chi connectivity index (χ1v) is 10.5. The van der Waals surface area contributed by atoms with Crippen LogP contribution in [-0.2, 0) is 11.8 Å². The van der Waals surface area contributed by atoms with Gasteiger partial charge < -0.3 is 24.8 Å². The summed E-state index contributed by atoms with van der Waals surface area (Å²) in [6.07, 6.45) is 8.70. The Hall–Kier alpha value is -2.09. The number of fused-ring (bicyclic) bond motifs is 1. The van der Waals surface area contributed by atoms with Crippen LogP contribution in [-0.4, -0.2) is 64.3 Å². The van der Waals surface area contributed by atoms with Crippen molar-refractivity contribution in [1.29, 1.82) is 0 Å². The van der Waals surface area contributed by atoms with Crippen LogP contribution < -0.4 is 10.6 Å². The molecular formula is C20H31N5O3. The standard InChI is InChI=1S/C20H31N5O3/c1-3-4-5-8-22-19(27)25-11-15-14(17-6-7-20(15,12-25)28-17)9-23-18(26)16-10-21-13-24(16)2/h10,13-15,17H,3-9,11-12H2,1-2H3,(H,22,27)(H,23,26)/t14-,15+,17+,20+/m0/s1. The third kappa shape index (κ3) is 3.38. The molecule has 3 saturated heterocycles. The van der Waals surface area contributed by atoms with E-state index in [1.807, 2.05) is 11.9 Å². The van der Waals surface area contributed by atoms with E-state index >= 15 is 0 Å². The van der Waals surface area contributed by atoms with Gasteiger partial charge >= 0.3 is 6.03 Å². The molecule has 0 aliphatic carbocycles. The van der Waals surface area contributed by atoms with Gasteiger partial charge in [0.25, 0.3) is 5.91 Å². The number of hydrogen-bond donors (Lipinski definition) is 2. The minimum atomic E-state index is -0.215. The molecule has 3 aliphatic heterocycles. The zero-order valence-corrected chi connectivity index (χ0v) is 16.8. The molecule has 2 bridgehead atoms. The lowest BCUT2D eigenvalue weighted by molar-refractivity contribution is 0.00554. The van der Waals surface area contributed by atoms with Crippen molar-refractivity contribution >= 4 is 11.9 Å². The molecule has 0 radical (unpaired) electrons. The zero-order chi connectivity index (χ0) is 19.7. The number of aromatic nitrogens is 2. The molecule has 4 heterocycles. The van der Waals surface area contributed by atoms with E-state index in [9.17, 15) is 9.59 Å². The Labute approximate surface area is 166 Å². The van der Waals surface area contributed by atoms with E-state index in [1.54, 1.807) is 17.1 Å². The first kappa shape index (κ1) is 19.2. The van der Waals surface area contributed by atoms with Gasteiger partial charge in [-0.25, -0.2) is 9.78 Å². The van der Waals surface area contributed by atoms with Crippen molar-refractivity contribution in [3.8, 4) is 0 Å². The number of amides is 3. The monoisotopic (exact) mass is 389 g/mol. The first-order chi connectivity index (χ1) is 13.5. The van der Waals surface area contributed by atoms with Gasteiger partial charge in [0.05, 0.1) is 30.8 Å². The van der Waals surface area contributed by atoms with Gasteiger partial charge in [-0.2, -0.15) is 0 Å². The van der Waals surface area contributed by atoms with Crippen LogP contribution in [0.25, 0.3) is 0 Å². The molecule has 3 aliphatic rings. The molecule has 154 valence electrons. The highest BCUT2D eigenvalue weighted by molar-refractivity contribution is 5.92. The second-order valence-electron chi connectivity index (χ2n) is 8.45. The van der Waals surface area contributed by atoms with Crippen LogP contribution in [0.2, 0.25) is 0 Å². The predicted molar refractivity (Wildman–Crippen MR) is 104 cm³/mol. The number of carbonyl (C=O) groups is 2. The maximum absolute atomic E-state index is 12.6. The highest BCUT2D eigenvalue weighted by Crippen LogP contribution is 2.54. The molecule has 8 nitrogen and oxygen atoms in total. The summed E-state index contributed by atoms with van der Waals surface area (Å²) in [4.78, 5) is 30.9. The zero-order valence-electron chi connectivity index (χ0n) is 16.8.